The van der Waals surface area contributed by atoms with Gasteiger partial charge >= 0.3 is 0 Å². The van der Waals surface area contributed by atoms with Crippen molar-refractivity contribution in [1.82, 2.24) is 4.90 Å². The minimum absolute atomic E-state index is 0.116. The van der Waals surface area contributed by atoms with Gasteiger partial charge < -0.3 is 0 Å². The van der Waals surface area contributed by atoms with Crippen LogP contribution in [0, 0.1) is 23.7 Å². The first kappa shape index (κ1) is 14.3. The fourth-order valence-corrected chi connectivity index (χ4v) is 2.50. The third-order valence-corrected chi connectivity index (χ3v) is 3.66. The third-order valence-electron chi connectivity index (χ3n) is 3.66. The number of nitrogens with zero attached hydrogens (tertiary/aromatic N) is 2. The first-order valence-corrected chi connectivity index (χ1v) is 6.65. The lowest BCUT2D eigenvalue weighted by molar-refractivity contribution is -0.153. The van der Waals surface area contributed by atoms with Gasteiger partial charge in [-0.2, -0.15) is 5.26 Å². The molecule has 1 heterocycles. The molecule has 0 atom stereocenters. The lowest BCUT2D eigenvalue weighted by Crippen LogP contribution is -2.45. The second kappa shape index (κ2) is 5.09. The summed E-state index contributed by atoms with van der Waals surface area (Å²) < 4.78 is 0. The minimum atomic E-state index is -0.246. The van der Waals surface area contributed by atoms with Crippen LogP contribution >= 0.6 is 0 Å². The molecule has 0 aromatic heterocycles. The van der Waals surface area contributed by atoms with Crippen LogP contribution in [0.5, 0.6) is 0 Å². The van der Waals surface area contributed by atoms with Crippen LogP contribution in [-0.4, -0.2) is 16.7 Å². The van der Waals surface area contributed by atoms with Gasteiger partial charge in [0.2, 0.25) is 11.8 Å². The van der Waals surface area contributed by atoms with Gasteiger partial charge in [-0.15, -0.1) is 0 Å². The molecule has 2 rings (SSSR count). The Kier molecular flexibility index (Phi) is 3.63. The van der Waals surface area contributed by atoms with E-state index >= 15 is 0 Å². The first-order valence-electron chi connectivity index (χ1n) is 6.65. The standard InChI is InChI=1S/C16H18N2O2/c1-11-6-12(9-17)4-5-13(11)10-18-14(19)7-16(2,3)8-15(18)20/h4-6H,7-8,10H2,1-3H3. The van der Waals surface area contributed by atoms with Crippen molar-refractivity contribution in [1.29, 1.82) is 5.26 Å². The highest BCUT2D eigenvalue weighted by atomic mass is 16.2. The second-order valence-corrected chi connectivity index (χ2v) is 6.14. The number of amides is 2. The van der Waals surface area contributed by atoms with Gasteiger partial charge in [-0.25, -0.2) is 0 Å². The van der Waals surface area contributed by atoms with E-state index in [-0.39, 0.29) is 17.2 Å². The Labute approximate surface area is 119 Å². The molecule has 0 saturated carbocycles. The number of hydrogen-bond donors (Lipinski definition) is 0. The molecule has 2 amide bonds. The van der Waals surface area contributed by atoms with Gasteiger partial charge in [-0.1, -0.05) is 19.9 Å². The smallest absolute Gasteiger partial charge is 0.230 e. The van der Waals surface area contributed by atoms with E-state index in [1.165, 1.54) is 4.90 Å². The van der Waals surface area contributed by atoms with E-state index in [0.29, 0.717) is 24.9 Å². The molecule has 0 bridgehead atoms. The van der Waals surface area contributed by atoms with E-state index in [9.17, 15) is 9.59 Å². The number of imide groups is 1. The van der Waals surface area contributed by atoms with E-state index in [4.69, 9.17) is 5.26 Å². The molecular weight excluding hydrogens is 252 g/mol. The average molecular weight is 270 g/mol. The number of aryl methyl sites for hydroxylation is 1. The van der Waals surface area contributed by atoms with Gasteiger partial charge in [0.15, 0.2) is 0 Å². The van der Waals surface area contributed by atoms with Crippen LogP contribution in [0.1, 0.15) is 43.4 Å². The Hall–Kier alpha value is -2.15. The molecule has 1 aromatic carbocycles. The van der Waals surface area contributed by atoms with Crippen LogP contribution in [-0.2, 0) is 16.1 Å². The molecule has 0 aliphatic carbocycles. The van der Waals surface area contributed by atoms with E-state index in [2.05, 4.69) is 6.07 Å². The molecule has 0 spiro atoms. The van der Waals surface area contributed by atoms with Crippen LogP contribution in [0.2, 0.25) is 0 Å². The Morgan fingerprint density at radius 2 is 1.85 bits per heavy atom. The van der Waals surface area contributed by atoms with Gasteiger partial charge in [-0.05, 0) is 35.6 Å². The minimum Gasteiger partial charge on any atom is -0.278 e. The van der Waals surface area contributed by atoms with E-state index in [1.807, 2.05) is 26.8 Å². The molecule has 4 heteroatoms. The summed E-state index contributed by atoms with van der Waals surface area (Å²) in [5, 5.41) is 8.85. The molecule has 1 saturated heterocycles. The van der Waals surface area contributed by atoms with Crippen LogP contribution in [0.4, 0.5) is 0 Å². The highest BCUT2D eigenvalue weighted by Gasteiger charge is 2.37. The average Bonchev–Trinajstić information content (AvgIpc) is 2.34. The summed E-state index contributed by atoms with van der Waals surface area (Å²) in [6.07, 6.45) is 0.794. The fourth-order valence-electron chi connectivity index (χ4n) is 2.50. The molecule has 0 unspecified atom stereocenters. The van der Waals surface area contributed by atoms with Gasteiger partial charge in [0.05, 0.1) is 18.2 Å². The molecule has 1 aliphatic heterocycles. The maximum absolute atomic E-state index is 12.1. The molecular formula is C16H18N2O2. The lowest BCUT2D eigenvalue weighted by atomic mass is 9.81. The summed E-state index contributed by atoms with van der Waals surface area (Å²) >= 11 is 0. The molecule has 4 nitrogen and oxygen atoms in total. The third kappa shape index (κ3) is 2.88. The normalized spacial score (nSPS) is 18.0. The van der Waals surface area contributed by atoms with Gasteiger partial charge in [0, 0.05) is 12.8 Å². The predicted molar refractivity (Wildman–Crippen MR) is 74.5 cm³/mol. The topological polar surface area (TPSA) is 61.2 Å². The molecule has 1 aliphatic rings. The summed E-state index contributed by atoms with van der Waals surface area (Å²) in [6, 6.07) is 7.38. The number of nitriles is 1. The lowest BCUT2D eigenvalue weighted by Gasteiger charge is -2.35. The number of benzene rings is 1. The Morgan fingerprint density at radius 3 is 2.35 bits per heavy atom. The Balaban J connectivity index is 2.20. The molecule has 104 valence electrons. The van der Waals surface area contributed by atoms with Gasteiger partial charge in [0.25, 0.3) is 0 Å². The number of rotatable bonds is 2. The first-order chi connectivity index (χ1) is 9.32. The summed E-state index contributed by atoms with van der Waals surface area (Å²) in [4.78, 5) is 25.6. The highest BCUT2D eigenvalue weighted by molar-refractivity contribution is 5.98. The van der Waals surface area contributed by atoms with Crippen molar-refractivity contribution in [2.75, 3.05) is 0 Å². The van der Waals surface area contributed by atoms with Crippen molar-refractivity contribution in [3.8, 4) is 6.07 Å². The molecule has 0 radical (unpaired) electrons. The highest BCUT2D eigenvalue weighted by Crippen LogP contribution is 2.32. The number of hydrogen-bond acceptors (Lipinski definition) is 3. The molecule has 0 N–H and O–H groups in total. The van der Waals surface area contributed by atoms with Crippen molar-refractivity contribution in [3.05, 3.63) is 34.9 Å². The largest absolute Gasteiger partial charge is 0.278 e. The van der Waals surface area contributed by atoms with E-state index in [1.54, 1.807) is 12.1 Å². The van der Waals surface area contributed by atoms with Crippen molar-refractivity contribution in [2.45, 2.75) is 40.2 Å². The summed E-state index contributed by atoms with van der Waals surface area (Å²) in [7, 11) is 0. The molecule has 1 fully saturated rings. The van der Waals surface area contributed by atoms with Gasteiger partial charge in [-0.3, -0.25) is 14.5 Å². The summed E-state index contributed by atoms with van der Waals surface area (Å²) in [5.41, 5.74) is 2.17. The Bertz CT molecular complexity index is 591. The van der Waals surface area contributed by atoms with Crippen molar-refractivity contribution >= 4 is 11.8 Å². The van der Waals surface area contributed by atoms with Crippen LogP contribution in [0.15, 0.2) is 18.2 Å². The van der Waals surface area contributed by atoms with Crippen LogP contribution < -0.4 is 0 Å². The zero-order valence-electron chi connectivity index (χ0n) is 12.1. The number of likely N-dealkylation sites (tertiary alicyclic amines) is 1. The van der Waals surface area contributed by atoms with Gasteiger partial charge in [0.1, 0.15) is 0 Å². The SMILES string of the molecule is Cc1cc(C#N)ccc1CN1C(=O)CC(C)(C)CC1=O. The maximum atomic E-state index is 12.1. The van der Waals surface area contributed by atoms with E-state index in [0.717, 1.165) is 11.1 Å². The Morgan fingerprint density at radius 1 is 1.25 bits per heavy atom. The maximum Gasteiger partial charge on any atom is 0.230 e. The summed E-state index contributed by atoms with van der Waals surface area (Å²) in [5.74, 6) is -0.231. The fraction of sp³-hybridized carbons (Fsp3) is 0.438. The molecule has 1 aromatic rings. The van der Waals surface area contributed by atoms with Crippen LogP contribution in [0.25, 0.3) is 0 Å². The molecule has 20 heavy (non-hydrogen) atoms. The van der Waals surface area contributed by atoms with Crippen molar-refractivity contribution < 1.29 is 9.59 Å². The second-order valence-electron chi connectivity index (χ2n) is 6.14. The van der Waals surface area contributed by atoms with E-state index < -0.39 is 0 Å². The summed E-state index contributed by atoms with van der Waals surface area (Å²) in [6.45, 7) is 6.06. The van der Waals surface area contributed by atoms with Crippen LogP contribution in [0.3, 0.4) is 0 Å². The monoisotopic (exact) mass is 270 g/mol. The number of piperidine rings is 1. The zero-order valence-corrected chi connectivity index (χ0v) is 12.1. The number of carbonyl (C=O) groups excluding carboxylic acids is 2. The van der Waals surface area contributed by atoms with Crippen molar-refractivity contribution in [3.63, 3.8) is 0 Å². The quantitative estimate of drug-likeness (QED) is 0.776. The predicted octanol–water partition coefficient (Wildman–Crippen LogP) is 2.54. The van der Waals surface area contributed by atoms with Crippen molar-refractivity contribution in [2.24, 2.45) is 5.41 Å². The zero-order chi connectivity index (χ0) is 14.9. The number of carbonyl (C=O) groups is 2.